The van der Waals surface area contributed by atoms with Gasteiger partial charge in [-0.05, 0) is 57.2 Å². The van der Waals surface area contributed by atoms with Gasteiger partial charge in [0.25, 0.3) is 0 Å². The molecule has 1 aliphatic rings. The molecule has 0 spiro atoms. The van der Waals surface area contributed by atoms with E-state index >= 15 is 0 Å². The lowest BCUT2D eigenvalue weighted by Crippen LogP contribution is -2.50. The predicted octanol–water partition coefficient (Wildman–Crippen LogP) is 3.52. The van der Waals surface area contributed by atoms with Crippen LogP contribution >= 0.6 is 0 Å². The summed E-state index contributed by atoms with van der Waals surface area (Å²) in [6.45, 7) is 7.38. The van der Waals surface area contributed by atoms with Crippen LogP contribution in [0.25, 0.3) is 0 Å². The molecule has 5 heteroatoms. The molecule has 138 valence electrons. The largest absolute Gasteiger partial charge is 0.494 e. The zero-order chi connectivity index (χ0) is 18.2. The quantitative estimate of drug-likeness (QED) is 0.708. The van der Waals surface area contributed by atoms with Gasteiger partial charge in [0.2, 0.25) is 5.91 Å². The third-order valence-corrected chi connectivity index (χ3v) is 4.57. The molecule has 2 rings (SSSR count). The number of likely N-dealkylation sites (tertiary alicyclic amines) is 1. The first-order chi connectivity index (χ1) is 12.1. The number of ether oxygens (including phenoxy) is 2. The molecule has 1 aromatic carbocycles. The summed E-state index contributed by atoms with van der Waals surface area (Å²) in [5.74, 6) is 0.217. The smallest absolute Gasteiger partial charge is 0.328 e. The van der Waals surface area contributed by atoms with E-state index in [-0.39, 0.29) is 17.8 Å². The second kappa shape index (κ2) is 9.44. The normalized spacial score (nSPS) is 18.5. The zero-order valence-electron chi connectivity index (χ0n) is 15.5. The van der Waals surface area contributed by atoms with Gasteiger partial charge in [0.1, 0.15) is 11.8 Å². The highest BCUT2D eigenvalue weighted by Gasteiger charge is 2.35. The van der Waals surface area contributed by atoms with Gasteiger partial charge in [-0.3, -0.25) is 4.79 Å². The van der Waals surface area contributed by atoms with Crippen molar-refractivity contribution in [3.05, 3.63) is 29.8 Å². The van der Waals surface area contributed by atoms with Crippen LogP contribution in [0.3, 0.4) is 0 Å². The van der Waals surface area contributed by atoms with Crippen molar-refractivity contribution in [2.75, 3.05) is 19.8 Å². The van der Waals surface area contributed by atoms with Crippen molar-refractivity contribution < 1.29 is 19.1 Å². The van der Waals surface area contributed by atoms with Crippen LogP contribution in [0.15, 0.2) is 24.3 Å². The minimum absolute atomic E-state index is 0.0139. The SMILES string of the molecule is CCCOc1ccc([C@H](C)C(=O)N2CCCC[C@H]2C(=O)OCC)cc1. The maximum absolute atomic E-state index is 13.0. The minimum Gasteiger partial charge on any atom is -0.494 e. The summed E-state index contributed by atoms with van der Waals surface area (Å²) in [4.78, 5) is 26.8. The van der Waals surface area contributed by atoms with Crippen LogP contribution in [0.1, 0.15) is 57.9 Å². The molecule has 0 N–H and O–H groups in total. The van der Waals surface area contributed by atoms with E-state index in [4.69, 9.17) is 9.47 Å². The van der Waals surface area contributed by atoms with Gasteiger partial charge in [0.15, 0.2) is 0 Å². The summed E-state index contributed by atoms with van der Waals surface area (Å²) in [5, 5.41) is 0. The summed E-state index contributed by atoms with van der Waals surface area (Å²) in [5.41, 5.74) is 0.932. The molecule has 5 nitrogen and oxygen atoms in total. The molecule has 0 aromatic heterocycles. The molecule has 1 fully saturated rings. The highest BCUT2D eigenvalue weighted by Crippen LogP contribution is 2.26. The number of piperidine rings is 1. The number of carbonyl (C=O) groups excluding carboxylic acids is 2. The Kier molecular flexibility index (Phi) is 7.29. The van der Waals surface area contributed by atoms with E-state index in [1.54, 1.807) is 11.8 Å². The second-order valence-corrected chi connectivity index (χ2v) is 6.43. The summed E-state index contributed by atoms with van der Waals surface area (Å²) in [6, 6.07) is 7.20. The van der Waals surface area contributed by atoms with Gasteiger partial charge in [-0.1, -0.05) is 19.1 Å². The van der Waals surface area contributed by atoms with Crippen molar-refractivity contribution in [1.29, 1.82) is 0 Å². The van der Waals surface area contributed by atoms with Crippen molar-refractivity contribution >= 4 is 11.9 Å². The van der Waals surface area contributed by atoms with E-state index in [9.17, 15) is 9.59 Å². The fraction of sp³-hybridized carbons (Fsp3) is 0.600. The number of nitrogens with zero attached hydrogens (tertiary/aromatic N) is 1. The van der Waals surface area contributed by atoms with Crippen LogP contribution in [0.2, 0.25) is 0 Å². The number of rotatable bonds is 7. The minimum atomic E-state index is -0.448. The Morgan fingerprint density at radius 1 is 1.20 bits per heavy atom. The van der Waals surface area contributed by atoms with Crippen LogP contribution in [-0.4, -0.2) is 42.6 Å². The number of hydrogen-bond donors (Lipinski definition) is 0. The Labute approximate surface area is 150 Å². The van der Waals surface area contributed by atoms with E-state index in [2.05, 4.69) is 6.92 Å². The van der Waals surface area contributed by atoms with Crippen molar-refractivity contribution in [2.24, 2.45) is 0 Å². The Hall–Kier alpha value is -2.04. The van der Waals surface area contributed by atoms with E-state index in [1.165, 1.54) is 0 Å². The number of amides is 1. The standard InChI is InChI=1S/C20H29NO4/c1-4-14-25-17-11-9-16(10-12-17)15(3)19(22)21-13-7-6-8-18(21)20(23)24-5-2/h9-12,15,18H,4-8,13-14H2,1-3H3/t15-,18-/m0/s1. The van der Waals surface area contributed by atoms with E-state index < -0.39 is 6.04 Å². The maximum Gasteiger partial charge on any atom is 0.328 e. The average Bonchev–Trinajstić information content (AvgIpc) is 2.65. The first-order valence-corrected chi connectivity index (χ1v) is 9.28. The van der Waals surface area contributed by atoms with Crippen LogP contribution in [-0.2, 0) is 14.3 Å². The van der Waals surface area contributed by atoms with Crippen molar-refractivity contribution in [3.63, 3.8) is 0 Å². The van der Waals surface area contributed by atoms with Crippen LogP contribution in [0.4, 0.5) is 0 Å². The molecule has 0 bridgehead atoms. The first kappa shape index (κ1) is 19.3. The van der Waals surface area contributed by atoms with Gasteiger partial charge in [0, 0.05) is 6.54 Å². The second-order valence-electron chi connectivity index (χ2n) is 6.43. The lowest BCUT2D eigenvalue weighted by Gasteiger charge is -2.35. The molecule has 1 heterocycles. The molecule has 0 unspecified atom stereocenters. The molecule has 1 aromatic rings. The third kappa shape index (κ3) is 4.97. The van der Waals surface area contributed by atoms with E-state index in [0.29, 0.717) is 26.2 Å². The van der Waals surface area contributed by atoms with Gasteiger partial charge in [-0.25, -0.2) is 4.79 Å². The molecule has 2 atom stereocenters. The van der Waals surface area contributed by atoms with E-state index in [1.807, 2.05) is 31.2 Å². The van der Waals surface area contributed by atoms with E-state index in [0.717, 1.165) is 30.6 Å². The molecule has 0 radical (unpaired) electrons. The van der Waals surface area contributed by atoms with Crippen molar-refractivity contribution in [3.8, 4) is 5.75 Å². The number of esters is 1. The lowest BCUT2D eigenvalue weighted by atomic mass is 9.95. The molecule has 1 aliphatic heterocycles. The summed E-state index contributed by atoms with van der Waals surface area (Å²) < 4.78 is 10.7. The molecule has 0 aliphatic carbocycles. The Morgan fingerprint density at radius 2 is 1.92 bits per heavy atom. The topological polar surface area (TPSA) is 55.8 Å². The Morgan fingerprint density at radius 3 is 2.56 bits per heavy atom. The third-order valence-electron chi connectivity index (χ3n) is 4.57. The molecule has 25 heavy (non-hydrogen) atoms. The Bertz CT molecular complexity index is 570. The highest BCUT2D eigenvalue weighted by molar-refractivity contribution is 5.88. The van der Waals surface area contributed by atoms with Gasteiger partial charge in [0.05, 0.1) is 19.1 Å². The number of hydrogen-bond acceptors (Lipinski definition) is 4. The fourth-order valence-electron chi connectivity index (χ4n) is 3.14. The van der Waals surface area contributed by atoms with Crippen molar-refractivity contribution in [2.45, 2.75) is 58.4 Å². The van der Waals surface area contributed by atoms with Crippen molar-refractivity contribution in [1.82, 2.24) is 4.90 Å². The van der Waals surface area contributed by atoms with Gasteiger partial charge in [-0.2, -0.15) is 0 Å². The van der Waals surface area contributed by atoms with Crippen LogP contribution in [0, 0.1) is 0 Å². The van der Waals surface area contributed by atoms with Crippen LogP contribution in [0.5, 0.6) is 5.75 Å². The fourth-order valence-corrected chi connectivity index (χ4v) is 3.14. The summed E-state index contributed by atoms with van der Waals surface area (Å²) in [7, 11) is 0. The lowest BCUT2D eigenvalue weighted by molar-refractivity contribution is -0.157. The molecular weight excluding hydrogens is 318 g/mol. The maximum atomic E-state index is 13.0. The molecular formula is C20H29NO4. The monoisotopic (exact) mass is 347 g/mol. The molecule has 0 saturated carbocycles. The highest BCUT2D eigenvalue weighted by atomic mass is 16.5. The Balaban J connectivity index is 2.07. The van der Waals surface area contributed by atoms with Gasteiger partial charge < -0.3 is 14.4 Å². The number of benzene rings is 1. The van der Waals surface area contributed by atoms with Gasteiger partial charge >= 0.3 is 5.97 Å². The van der Waals surface area contributed by atoms with Gasteiger partial charge in [-0.15, -0.1) is 0 Å². The average molecular weight is 347 g/mol. The van der Waals surface area contributed by atoms with Crippen LogP contribution < -0.4 is 4.74 Å². The molecule has 1 amide bonds. The summed E-state index contributed by atoms with van der Waals surface area (Å²) in [6.07, 6.45) is 3.52. The summed E-state index contributed by atoms with van der Waals surface area (Å²) >= 11 is 0. The first-order valence-electron chi connectivity index (χ1n) is 9.28. The predicted molar refractivity (Wildman–Crippen MR) is 96.6 cm³/mol. The zero-order valence-corrected chi connectivity index (χ0v) is 15.5. The number of carbonyl (C=O) groups is 2. The molecule has 1 saturated heterocycles.